The number of anilines is 1. The van der Waals surface area contributed by atoms with Crippen LogP contribution in [0.3, 0.4) is 0 Å². The van der Waals surface area contributed by atoms with Crippen LogP contribution in [0.15, 0.2) is 55.0 Å². The summed E-state index contributed by atoms with van der Waals surface area (Å²) in [7, 11) is 0. The summed E-state index contributed by atoms with van der Waals surface area (Å²) in [5.74, 6) is 0. The van der Waals surface area contributed by atoms with Gasteiger partial charge in [-0.25, -0.2) is 0 Å². The summed E-state index contributed by atoms with van der Waals surface area (Å²) < 4.78 is 0. The zero-order valence-electron chi connectivity index (χ0n) is 11.5. The van der Waals surface area contributed by atoms with Crippen LogP contribution < -0.4 is 5.32 Å². The summed E-state index contributed by atoms with van der Waals surface area (Å²) in [5, 5.41) is 11.8. The van der Waals surface area contributed by atoms with Crippen LogP contribution in [0, 0.1) is 0 Å². The highest BCUT2D eigenvalue weighted by Gasteiger charge is 2.23. The molecule has 0 spiro atoms. The van der Waals surface area contributed by atoms with Gasteiger partial charge >= 0.3 is 0 Å². The molecule has 0 fully saturated rings. The Morgan fingerprint density at radius 2 is 1.81 bits per heavy atom. The molecule has 0 amide bonds. The Kier molecular flexibility index (Phi) is 2.88. The fraction of sp³-hybridized carbons (Fsp3) is 0.188. The normalized spacial score (nSPS) is 16.7. The fourth-order valence-corrected chi connectivity index (χ4v) is 2.79. The van der Waals surface area contributed by atoms with E-state index >= 15 is 0 Å². The molecule has 0 radical (unpaired) electrons. The molecular formula is C16H15N5. The van der Waals surface area contributed by atoms with Crippen molar-refractivity contribution in [3.8, 4) is 5.69 Å². The summed E-state index contributed by atoms with van der Waals surface area (Å²) in [6, 6.07) is 12.6. The fourth-order valence-electron chi connectivity index (χ4n) is 2.79. The first-order chi connectivity index (χ1) is 10.4. The molecule has 2 aromatic heterocycles. The van der Waals surface area contributed by atoms with Crippen molar-refractivity contribution in [2.75, 3.05) is 5.32 Å². The second-order valence-corrected chi connectivity index (χ2v) is 5.15. The molecule has 5 heteroatoms. The smallest absolute Gasteiger partial charge is 0.0858 e. The molecule has 0 aliphatic heterocycles. The number of nitrogens with zero attached hydrogens (tertiary/aromatic N) is 4. The SMILES string of the molecule is c1cnc2c(c1)CCC2Nc1ccc(-n2nccn2)cc1. The van der Waals surface area contributed by atoms with Gasteiger partial charge in [0.2, 0.25) is 0 Å². The summed E-state index contributed by atoms with van der Waals surface area (Å²) in [6.07, 6.45) is 7.40. The van der Waals surface area contributed by atoms with Crippen LogP contribution in [-0.2, 0) is 6.42 Å². The van der Waals surface area contributed by atoms with E-state index in [0.29, 0.717) is 6.04 Å². The Balaban J connectivity index is 1.53. The molecule has 104 valence electrons. The van der Waals surface area contributed by atoms with Crippen LogP contribution in [0.5, 0.6) is 0 Å². The lowest BCUT2D eigenvalue weighted by Crippen LogP contribution is -2.08. The van der Waals surface area contributed by atoms with Crippen molar-refractivity contribution in [2.24, 2.45) is 0 Å². The highest BCUT2D eigenvalue weighted by Crippen LogP contribution is 2.32. The van der Waals surface area contributed by atoms with Crippen molar-refractivity contribution in [1.29, 1.82) is 0 Å². The number of pyridine rings is 1. The Hall–Kier alpha value is -2.69. The Morgan fingerprint density at radius 3 is 2.62 bits per heavy atom. The van der Waals surface area contributed by atoms with E-state index in [9.17, 15) is 0 Å². The van der Waals surface area contributed by atoms with Gasteiger partial charge in [0, 0.05) is 11.9 Å². The molecular weight excluding hydrogens is 262 g/mol. The van der Waals surface area contributed by atoms with Gasteiger partial charge in [-0.2, -0.15) is 15.0 Å². The van der Waals surface area contributed by atoms with Crippen molar-refractivity contribution in [1.82, 2.24) is 20.0 Å². The van der Waals surface area contributed by atoms with E-state index in [2.05, 4.69) is 38.7 Å². The van der Waals surface area contributed by atoms with E-state index in [4.69, 9.17) is 0 Å². The van der Waals surface area contributed by atoms with E-state index < -0.39 is 0 Å². The van der Waals surface area contributed by atoms with Gasteiger partial charge in [-0.15, -0.1) is 0 Å². The molecule has 1 aromatic carbocycles. The van der Waals surface area contributed by atoms with E-state index in [1.165, 1.54) is 11.3 Å². The molecule has 0 bridgehead atoms. The van der Waals surface area contributed by atoms with E-state index in [1.807, 2.05) is 24.4 Å². The van der Waals surface area contributed by atoms with Gasteiger partial charge in [0.25, 0.3) is 0 Å². The van der Waals surface area contributed by atoms with Crippen LogP contribution in [0.25, 0.3) is 5.69 Å². The van der Waals surface area contributed by atoms with Gasteiger partial charge in [-0.1, -0.05) is 6.07 Å². The number of rotatable bonds is 3. The lowest BCUT2D eigenvalue weighted by molar-refractivity contribution is 0.743. The summed E-state index contributed by atoms with van der Waals surface area (Å²) >= 11 is 0. The van der Waals surface area contributed by atoms with Crippen molar-refractivity contribution in [3.05, 3.63) is 66.2 Å². The molecule has 1 atom stereocenters. The minimum Gasteiger partial charge on any atom is -0.377 e. The van der Waals surface area contributed by atoms with Gasteiger partial charge in [-0.3, -0.25) is 4.98 Å². The zero-order chi connectivity index (χ0) is 14.1. The molecule has 21 heavy (non-hydrogen) atoms. The third-order valence-corrected chi connectivity index (χ3v) is 3.82. The second-order valence-electron chi connectivity index (χ2n) is 5.15. The predicted octanol–water partition coefficient (Wildman–Crippen LogP) is 2.76. The van der Waals surface area contributed by atoms with Crippen LogP contribution in [-0.4, -0.2) is 20.0 Å². The Labute approximate surface area is 122 Å². The van der Waals surface area contributed by atoms with E-state index in [-0.39, 0.29) is 0 Å². The maximum atomic E-state index is 4.51. The van der Waals surface area contributed by atoms with Crippen LogP contribution in [0.4, 0.5) is 5.69 Å². The standard InChI is InChI=1S/C16H15N5/c1-2-12-3-8-15(16(12)17-9-1)20-13-4-6-14(7-5-13)21-18-10-11-19-21/h1-2,4-7,9-11,15,20H,3,8H2. The Morgan fingerprint density at radius 1 is 1.00 bits per heavy atom. The molecule has 0 saturated heterocycles. The molecule has 1 N–H and O–H groups in total. The minimum atomic E-state index is 0.301. The summed E-state index contributed by atoms with van der Waals surface area (Å²) in [6.45, 7) is 0. The maximum Gasteiger partial charge on any atom is 0.0858 e. The van der Waals surface area contributed by atoms with Crippen molar-refractivity contribution >= 4 is 5.69 Å². The second kappa shape index (κ2) is 5.01. The molecule has 2 heterocycles. The molecule has 1 aliphatic rings. The monoisotopic (exact) mass is 277 g/mol. The van der Waals surface area contributed by atoms with Crippen molar-refractivity contribution in [2.45, 2.75) is 18.9 Å². The zero-order valence-corrected chi connectivity index (χ0v) is 11.5. The Bertz CT molecular complexity index is 734. The summed E-state index contributed by atoms with van der Waals surface area (Å²) in [4.78, 5) is 6.12. The lowest BCUT2D eigenvalue weighted by Gasteiger charge is -2.14. The average Bonchev–Trinajstić information content (AvgIpc) is 3.19. The van der Waals surface area contributed by atoms with Crippen LogP contribution in [0.2, 0.25) is 0 Å². The molecule has 0 saturated carbocycles. The number of aryl methyl sites for hydroxylation is 1. The third-order valence-electron chi connectivity index (χ3n) is 3.82. The number of nitrogens with one attached hydrogen (secondary N) is 1. The molecule has 3 aromatic rings. The molecule has 1 unspecified atom stereocenters. The van der Waals surface area contributed by atoms with Crippen molar-refractivity contribution < 1.29 is 0 Å². The highest BCUT2D eigenvalue weighted by molar-refractivity contribution is 5.50. The third kappa shape index (κ3) is 2.27. The number of hydrogen-bond donors (Lipinski definition) is 1. The van der Waals surface area contributed by atoms with E-state index in [0.717, 1.165) is 24.2 Å². The topological polar surface area (TPSA) is 55.6 Å². The van der Waals surface area contributed by atoms with Crippen LogP contribution >= 0.6 is 0 Å². The van der Waals surface area contributed by atoms with Gasteiger partial charge in [0.05, 0.1) is 29.8 Å². The number of fused-ring (bicyclic) bond motifs is 1. The lowest BCUT2D eigenvalue weighted by atomic mass is 10.2. The van der Waals surface area contributed by atoms with E-state index in [1.54, 1.807) is 17.2 Å². The van der Waals surface area contributed by atoms with Gasteiger partial charge < -0.3 is 5.32 Å². The molecule has 1 aliphatic carbocycles. The quantitative estimate of drug-likeness (QED) is 0.799. The molecule has 5 nitrogen and oxygen atoms in total. The number of benzene rings is 1. The highest BCUT2D eigenvalue weighted by atomic mass is 15.5. The summed E-state index contributed by atoms with van der Waals surface area (Å²) in [5.41, 5.74) is 4.58. The first-order valence-corrected chi connectivity index (χ1v) is 7.07. The van der Waals surface area contributed by atoms with Gasteiger partial charge in [-0.05, 0) is 48.7 Å². The van der Waals surface area contributed by atoms with Crippen molar-refractivity contribution in [3.63, 3.8) is 0 Å². The minimum absolute atomic E-state index is 0.301. The molecule has 4 rings (SSSR count). The number of hydrogen-bond acceptors (Lipinski definition) is 4. The predicted molar refractivity (Wildman–Crippen MR) is 80.3 cm³/mol. The van der Waals surface area contributed by atoms with Gasteiger partial charge in [0.15, 0.2) is 0 Å². The first-order valence-electron chi connectivity index (χ1n) is 7.07. The van der Waals surface area contributed by atoms with Crippen LogP contribution in [0.1, 0.15) is 23.7 Å². The first kappa shape index (κ1) is 12.1. The number of aromatic nitrogens is 4. The van der Waals surface area contributed by atoms with Gasteiger partial charge in [0.1, 0.15) is 0 Å². The largest absolute Gasteiger partial charge is 0.377 e. The average molecular weight is 277 g/mol. The maximum absolute atomic E-state index is 4.51.